The number of hydrogen-bond acceptors (Lipinski definition) is 6. The summed E-state index contributed by atoms with van der Waals surface area (Å²) in [5, 5.41) is 7.02. The maximum absolute atomic E-state index is 11.9. The van der Waals surface area contributed by atoms with E-state index in [2.05, 4.69) is 15.6 Å². The Bertz CT molecular complexity index is 745. The molecule has 0 aliphatic carbocycles. The number of rotatable bonds is 5. The van der Waals surface area contributed by atoms with Gasteiger partial charge in [-0.3, -0.25) is 20.2 Å². The minimum absolute atomic E-state index is 0.0251. The van der Waals surface area contributed by atoms with Gasteiger partial charge in [0, 0.05) is 16.0 Å². The minimum Gasteiger partial charge on any atom is -0.466 e. The Morgan fingerprint density at radius 3 is 2.62 bits per heavy atom. The Balaban J connectivity index is 1.88. The van der Waals surface area contributed by atoms with Gasteiger partial charge in [-0.15, -0.1) is 11.3 Å². The van der Waals surface area contributed by atoms with E-state index in [1.807, 2.05) is 0 Å². The number of anilines is 1. The monoisotopic (exact) mass is 367 g/mol. The number of nitrogens with one attached hydrogen (secondary N) is 2. The van der Waals surface area contributed by atoms with Crippen LogP contribution in [0, 0.1) is 0 Å². The molecule has 1 heterocycles. The van der Waals surface area contributed by atoms with E-state index in [0.29, 0.717) is 22.9 Å². The molecule has 0 saturated heterocycles. The Kier molecular flexibility index (Phi) is 6.28. The highest BCUT2D eigenvalue weighted by atomic mass is 35.5. The molecule has 0 unspecified atom stereocenters. The number of thiazole rings is 1. The molecule has 0 aliphatic heterocycles. The summed E-state index contributed by atoms with van der Waals surface area (Å²) in [6.45, 7) is 2.01. The summed E-state index contributed by atoms with van der Waals surface area (Å²) in [5.41, 5.74) is 0.787. The summed E-state index contributed by atoms with van der Waals surface area (Å²) in [6, 6.07) is 5.40. The van der Waals surface area contributed by atoms with E-state index in [9.17, 15) is 14.4 Å². The maximum atomic E-state index is 11.9. The first-order chi connectivity index (χ1) is 11.5. The minimum atomic E-state index is -0.716. The van der Waals surface area contributed by atoms with E-state index in [0.717, 1.165) is 11.3 Å². The van der Waals surface area contributed by atoms with Gasteiger partial charge in [0.1, 0.15) is 0 Å². The summed E-state index contributed by atoms with van der Waals surface area (Å²) in [4.78, 5) is 39.1. The zero-order valence-corrected chi connectivity index (χ0v) is 14.2. The number of hydrogen-bond donors (Lipinski definition) is 2. The van der Waals surface area contributed by atoms with Crippen molar-refractivity contribution in [3.05, 3.63) is 45.9 Å². The highest BCUT2D eigenvalue weighted by Gasteiger charge is 2.13. The molecule has 2 aromatic rings. The average molecular weight is 368 g/mol. The van der Waals surface area contributed by atoms with Crippen LogP contribution in [0.15, 0.2) is 29.6 Å². The first-order valence-electron chi connectivity index (χ1n) is 6.96. The molecule has 0 bridgehead atoms. The highest BCUT2D eigenvalue weighted by Crippen LogP contribution is 2.16. The third-order valence-electron chi connectivity index (χ3n) is 2.74. The van der Waals surface area contributed by atoms with Crippen LogP contribution in [0.4, 0.5) is 9.93 Å². The van der Waals surface area contributed by atoms with Crippen molar-refractivity contribution in [2.75, 3.05) is 11.9 Å². The van der Waals surface area contributed by atoms with E-state index >= 15 is 0 Å². The van der Waals surface area contributed by atoms with E-state index in [-0.39, 0.29) is 11.6 Å². The fourth-order valence-corrected chi connectivity index (χ4v) is 2.54. The number of aromatic nitrogens is 1. The number of ether oxygens (including phenoxy) is 1. The van der Waals surface area contributed by atoms with Crippen LogP contribution in [0.2, 0.25) is 5.02 Å². The molecular formula is C15H14ClN3O4S. The fraction of sp³-hybridized carbons (Fsp3) is 0.200. The molecule has 0 saturated carbocycles. The van der Waals surface area contributed by atoms with Crippen LogP contribution in [-0.2, 0) is 16.0 Å². The van der Waals surface area contributed by atoms with Crippen molar-refractivity contribution in [3.63, 3.8) is 0 Å². The zero-order chi connectivity index (χ0) is 17.5. The number of halogens is 1. The van der Waals surface area contributed by atoms with Crippen LogP contribution in [0.25, 0.3) is 0 Å². The van der Waals surface area contributed by atoms with E-state index in [1.165, 1.54) is 12.1 Å². The molecule has 2 rings (SSSR count). The lowest BCUT2D eigenvalue weighted by Crippen LogP contribution is -2.34. The normalized spacial score (nSPS) is 10.1. The molecule has 3 amide bonds. The molecular weight excluding hydrogens is 354 g/mol. The van der Waals surface area contributed by atoms with Gasteiger partial charge in [0.25, 0.3) is 5.91 Å². The molecule has 0 aliphatic rings. The maximum Gasteiger partial charge on any atom is 0.327 e. The lowest BCUT2D eigenvalue weighted by molar-refractivity contribution is -0.142. The van der Waals surface area contributed by atoms with Gasteiger partial charge >= 0.3 is 12.0 Å². The standard InChI is InChI=1S/C15H14ClN3O4S/c1-2-23-12(20)7-11-8-24-15(17-11)19-14(22)18-13(21)9-3-5-10(16)6-4-9/h3-6,8H,2,7H2,1H3,(H2,17,18,19,21,22). The topological polar surface area (TPSA) is 97.4 Å². The van der Waals surface area contributed by atoms with Crippen molar-refractivity contribution in [2.45, 2.75) is 13.3 Å². The van der Waals surface area contributed by atoms with Crippen LogP contribution in [0.3, 0.4) is 0 Å². The van der Waals surface area contributed by atoms with Gasteiger partial charge in [0.2, 0.25) is 0 Å². The third-order valence-corrected chi connectivity index (χ3v) is 3.79. The van der Waals surface area contributed by atoms with Gasteiger partial charge < -0.3 is 4.74 Å². The summed E-state index contributed by atoms with van der Waals surface area (Å²) in [7, 11) is 0. The second kappa shape index (κ2) is 8.42. The van der Waals surface area contributed by atoms with Crippen molar-refractivity contribution in [2.24, 2.45) is 0 Å². The number of esters is 1. The van der Waals surface area contributed by atoms with Crippen molar-refractivity contribution < 1.29 is 19.1 Å². The quantitative estimate of drug-likeness (QED) is 0.792. The summed E-state index contributed by atoms with van der Waals surface area (Å²) in [5.74, 6) is -0.954. The molecule has 7 nitrogen and oxygen atoms in total. The molecule has 1 aromatic heterocycles. The second-order valence-electron chi connectivity index (χ2n) is 4.54. The Labute approximate surface area is 147 Å². The lowest BCUT2D eigenvalue weighted by atomic mass is 10.2. The van der Waals surface area contributed by atoms with Crippen molar-refractivity contribution in [1.29, 1.82) is 0 Å². The van der Waals surface area contributed by atoms with E-state index < -0.39 is 17.9 Å². The Morgan fingerprint density at radius 2 is 1.96 bits per heavy atom. The lowest BCUT2D eigenvalue weighted by Gasteiger charge is -2.04. The average Bonchev–Trinajstić information content (AvgIpc) is 2.94. The van der Waals surface area contributed by atoms with E-state index in [1.54, 1.807) is 24.4 Å². The van der Waals surface area contributed by atoms with Gasteiger partial charge in [0.15, 0.2) is 5.13 Å². The summed E-state index contributed by atoms with van der Waals surface area (Å²) in [6.07, 6.45) is 0.0251. The van der Waals surface area contributed by atoms with Gasteiger partial charge in [0.05, 0.1) is 18.7 Å². The van der Waals surface area contributed by atoms with Crippen molar-refractivity contribution in [1.82, 2.24) is 10.3 Å². The number of amides is 3. The predicted octanol–water partition coefficient (Wildman–Crippen LogP) is 2.86. The molecule has 2 N–H and O–H groups in total. The van der Waals surface area contributed by atoms with Crippen LogP contribution in [-0.4, -0.2) is 29.5 Å². The van der Waals surface area contributed by atoms with Crippen molar-refractivity contribution >= 4 is 46.0 Å². The predicted molar refractivity (Wildman–Crippen MR) is 90.4 cm³/mol. The summed E-state index contributed by atoms with van der Waals surface area (Å²) >= 11 is 6.88. The number of benzene rings is 1. The fourth-order valence-electron chi connectivity index (χ4n) is 1.71. The number of imide groups is 1. The Hall–Kier alpha value is -2.45. The van der Waals surface area contributed by atoms with Crippen LogP contribution >= 0.6 is 22.9 Å². The molecule has 9 heteroatoms. The zero-order valence-electron chi connectivity index (χ0n) is 12.7. The SMILES string of the molecule is CCOC(=O)Cc1csc(NC(=O)NC(=O)c2ccc(Cl)cc2)n1. The number of urea groups is 1. The molecule has 0 spiro atoms. The summed E-state index contributed by atoms with van der Waals surface area (Å²) < 4.78 is 4.82. The van der Waals surface area contributed by atoms with E-state index in [4.69, 9.17) is 16.3 Å². The third kappa shape index (κ3) is 5.32. The van der Waals surface area contributed by atoms with Gasteiger partial charge in [-0.25, -0.2) is 9.78 Å². The molecule has 24 heavy (non-hydrogen) atoms. The van der Waals surface area contributed by atoms with Crippen LogP contribution < -0.4 is 10.6 Å². The Morgan fingerprint density at radius 1 is 1.25 bits per heavy atom. The molecule has 1 aromatic carbocycles. The smallest absolute Gasteiger partial charge is 0.327 e. The van der Waals surface area contributed by atoms with Gasteiger partial charge in [-0.05, 0) is 31.2 Å². The van der Waals surface area contributed by atoms with Crippen LogP contribution in [0.1, 0.15) is 23.0 Å². The molecule has 0 fully saturated rings. The second-order valence-corrected chi connectivity index (χ2v) is 5.84. The van der Waals surface area contributed by atoms with Crippen LogP contribution in [0.5, 0.6) is 0 Å². The van der Waals surface area contributed by atoms with Gasteiger partial charge in [-0.1, -0.05) is 11.6 Å². The van der Waals surface area contributed by atoms with Gasteiger partial charge in [-0.2, -0.15) is 0 Å². The molecule has 0 atom stereocenters. The van der Waals surface area contributed by atoms with Crippen molar-refractivity contribution in [3.8, 4) is 0 Å². The number of carbonyl (C=O) groups is 3. The largest absolute Gasteiger partial charge is 0.466 e. The first kappa shape index (κ1) is 17.9. The molecule has 126 valence electrons. The molecule has 0 radical (unpaired) electrons. The highest BCUT2D eigenvalue weighted by molar-refractivity contribution is 7.13. The number of nitrogens with zero attached hydrogens (tertiary/aromatic N) is 1. The number of carbonyl (C=O) groups excluding carboxylic acids is 3. The first-order valence-corrected chi connectivity index (χ1v) is 8.21.